The highest BCUT2D eigenvalue weighted by Gasteiger charge is 2.37. The fourth-order valence-electron chi connectivity index (χ4n) is 2.13. The van der Waals surface area contributed by atoms with E-state index in [-0.39, 0.29) is 12.3 Å². The number of carbonyl (C=O) groups is 2. The summed E-state index contributed by atoms with van der Waals surface area (Å²) in [6.07, 6.45) is -1.56. The van der Waals surface area contributed by atoms with Crippen LogP contribution in [0.4, 0.5) is 4.79 Å². The first kappa shape index (κ1) is 18.6. The maximum Gasteiger partial charge on any atom is 0.408 e. The van der Waals surface area contributed by atoms with Gasteiger partial charge in [-0.25, -0.2) is 9.59 Å². The van der Waals surface area contributed by atoms with Crippen molar-refractivity contribution in [3.05, 3.63) is 35.9 Å². The number of aliphatic carboxylic acids is 1. The number of ether oxygens (including phenoxy) is 2. The van der Waals surface area contributed by atoms with Crippen molar-refractivity contribution in [2.24, 2.45) is 5.16 Å². The van der Waals surface area contributed by atoms with Crippen LogP contribution in [-0.2, 0) is 25.7 Å². The number of alkyl carbamates (subject to hydrolysis) is 1. The van der Waals surface area contributed by atoms with Crippen LogP contribution in [0.2, 0.25) is 0 Å². The summed E-state index contributed by atoms with van der Waals surface area (Å²) >= 11 is 0. The molecule has 1 heterocycles. The highest BCUT2D eigenvalue weighted by Crippen LogP contribution is 2.17. The Bertz CT molecular complexity index is 638. The molecule has 0 aliphatic carbocycles. The summed E-state index contributed by atoms with van der Waals surface area (Å²) in [6, 6.07) is 8.18. The molecule has 1 aliphatic heterocycles. The molecule has 1 aliphatic rings. The number of nitrogens with zero attached hydrogens (tertiary/aromatic N) is 1. The molecule has 1 aromatic carbocycles. The maximum absolute atomic E-state index is 11.8. The van der Waals surface area contributed by atoms with Crippen LogP contribution in [-0.4, -0.2) is 40.8 Å². The molecule has 2 N–H and O–H groups in total. The molecule has 0 aromatic heterocycles. The van der Waals surface area contributed by atoms with Crippen LogP contribution in [0, 0.1) is 0 Å². The lowest BCUT2D eigenvalue weighted by Crippen LogP contribution is -2.50. The van der Waals surface area contributed by atoms with Crippen LogP contribution >= 0.6 is 0 Å². The summed E-state index contributed by atoms with van der Waals surface area (Å²) in [5.74, 6) is -0.957. The molecule has 0 saturated carbocycles. The van der Waals surface area contributed by atoms with Crippen LogP contribution in [0.5, 0.6) is 0 Å². The van der Waals surface area contributed by atoms with E-state index < -0.39 is 29.8 Å². The number of nitrogens with one attached hydrogen (secondary N) is 1. The Kier molecular flexibility index (Phi) is 5.84. The Morgan fingerprint density at radius 2 is 2.04 bits per heavy atom. The fourth-order valence-corrected chi connectivity index (χ4v) is 2.13. The van der Waals surface area contributed by atoms with Crippen molar-refractivity contribution >= 4 is 18.0 Å². The van der Waals surface area contributed by atoms with Gasteiger partial charge in [-0.15, -0.1) is 0 Å². The average Bonchev–Trinajstić information content (AvgIpc) is 2.98. The van der Waals surface area contributed by atoms with Gasteiger partial charge in [0.2, 0.25) is 5.90 Å². The number of carboxylic acid groups (broad SMARTS) is 1. The maximum atomic E-state index is 11.8. The van der Waals surface area contributed by atoms with Crippen LogP contribution in [0.3, 0.4) is 0 Å². The van der Waals surface area contributed by atoms with E-state index in [0.717, 1.165) is 5.56 Å². The van der Waals surface area contributed by atoms with E-state index in [1.54, 1.807) is 20.8 Å². The Labute approximate surface area is 145 Å². The van der Waals surface area contributed by atoms with E-state index in [0.29, 0.717) is 6.61 Å². The van der Waals surface area contributed by atoms with Gasteiger partial charge in [0.05, 0.1) is 6.42 Å². The highest BCUT2D eigenvalue weighted by atomic mass is 16.7. The van der Waals surface area contributed by atoms with Crippen LogP contribution in [0.15, 0.2) is 35.5 Å². The summed E-state index contributed by atoms with van der Waals surface area (Å²) in [5.41, 5.74) is 0.222. The third-order valence-corrected chi connectivity index (χ3v) is 3.22. The van der Waals surface area contributed by atoms with Crippen LogP contribution in [0.25, 0.3) is 0 Å². The van der Waals surface area contributed by atoms with Gasteiger partial charge in [0.25, 0.3) is 0 Å². The van der Waals surface area contributed by atoms with Gasteiger partial charge in [-0.1, -0.05) is 35.5 Å². The van der Waals surface area contributed by atoms with Crippen molar-refractivity contribution in [2.75, 3.05) is 0 Å². The zero-order valence-electron chi connectivity index (χ0n) is 14.4. The lowest BCUT2D eigenvalue weighted by Gasteiger charge is -2.23. The number of benzene rings is 1. The molecule has 1 amide bonds. The first-order valence-electron chi connectivity index (χ1n) is 7.86. The molecule has 8 nitrogen and oxygen atoms in total. The molecule has 0 fully saturated rings. The topological polar surface area (TPSA) is 106 Å². The fraction of sp³-hybridized carbons (Fsp3) is 0.471. The van der Waals surface area contributed by atoms with Gasteiger partial charge in [-0.05, 0) is 26.3 Å². The zero-order valence-corrected chi connectivity index (χ0v) is 14.4. The van der Waals surface area contributed by atoms with Crippen LogP contribution < -0.4 is 5.32 Å². The second-order valence-electron chi connectivity index (χ2n) is 6.57. The molecule has 2 rings (SSSR count). The largest absolute Gasteiger partial charge is 0.480 e. The summed E-state index contributed by atoms with van der Waals surface area (Å²) in [6.45, 7) is 5.36. The lowest BCUT2D eigenvalue weighted by molar-refractivity contribution is -0.143. The monoisotopic (exact) mass is 350 g/mol. The number of hydrogen-bond acceptors (Lipinski definition) is 6. The van der Waals surface area contributed by atoms with Crippen molar-refractivity contribution in [3.8, 4) is 0 Å². The van der Waals surface area contributed by atoms with Gasteiger partial charge >= 0.3 is 12.1 Å². The molecular formula is C17H22N2O6. The standard InChI is InChI=1S/C17H22N2O6/c1-17(2,3)24-16(22)18-14(15(20)21)12-9-13(19-25-12)23-10-11-7-5-4-6-8-11/h4-8,12,14H,9-10H2,1-3H3,(H,18,22)(H,20,21)/t12-,14-/m1/s1. The zero-order chi connectivity index (χ0) is 18.4. The predicted octanol–water partition coefficient (Wildman–Crippen LogP) is 2.28. The number of carbonyl (C=O) groups excluding carboxylic acids is 1. The molecule has 0 unspecified atom stereocenters. The van der Waals surface area contributed by atoms with Crippen molar-refractivity contribution < 1.29 is 29.0 Å². The summed E-state index contributed by atoms with van der Waals surface area (Å²) in [7, 11) is 0. The van der Waals surface area contributed by atoms with Gasteiger partial charge in [0, 0.05) is 0 Å². The number of oxime groups is 1. The summed E-state index contributed by atoms with van der Waals surface area (Å²) < 4.78 is 10.6. The van der Waals surface area contributed by atoms with E-state index in [9.17, 15) is 14.7 Å². The lowest BCUT2D eigenvalue weighted by atomic mass is 10.1. The van der Waals surface area contributed by atoms with E-state index in [2.05, 4.69) is 10.5 Å². The minimum atomic E-state index is -1.29. The molecule has 2 atom stereocenters. The second-order valence-corrected chi connectivity index (χ2v) is 6.57. The molecule has 0 radical (unpaired) electrons. The van der Waals surface area contributed by atoms with E-state index in [1.165, 1.54) is 0 Å². The van der Waals surface area contributed by atoms with Crippen molar-refractivity contribution in [2.45, 2.75) is 51.5 Å². The SMILES string of the molecule is CC(C)(C)OC(=O)N[C@@H](C(=O)O)[C@H]1CC(OCc2ccccc2)=NO1. The van der Waals surface area contributed by atoms with E-state index >= 15 is 0 Å². The normalized spacial score (nSPS) is 17.9. The smallest absolute Gasteiger partial charge is 0.408 e. The minimum Gasteiger partial charge on any atom is -0.480 e. The highest BCUT2D eigenvalue weighted by molar-refractivity contribution is 5.83. The minimum absolute atomic E-state index is 0.138. The molecule has 0 bridgehead atoms. The number of amides is 1. The first-order valence-corrected chi connectivity index (χ1v) is 7.86. The quantitative estimate of drug-likeness (QED) is 0.844. The van der Waals surface area contributed by atoms with Gasteiger partial charge < -0.3 is 24.7 Å². The average molecular weight is 350 g/mol. The van der Waals surface area contributed by atoms with Crippen molar-refractivity contribution in [1.29, 1.82) is 0 Å². The van der Waals surface area contributed by atoms with Crippen molar-refractivity contribution in [1.82, 2.24) is 5.32 Å². The van der Waals surface area contributed by atoms with Gasteiger partial charge in [0.1, 0.15) is 12.2 Å². The molecule has 8 heteroatoms. The van der Waals surface area contributed by atoms with E-state index in [1.807, 2.05) is 30.3 Å². The molecule has 25 heavy (non-hydrogen) atoms. The Hall–Kier alpha value is -2.77. The molecular weight excluding hydrogens is 328 g/mol. The first-order chi connectivity index (χ1) is 11.7. The van der Waals surface area contributed by atoms with Gasteiger partial charge in [0.15, 0.2) is 12.1 Å². The second kappa shape index (κ2) is 7.87. The molecule has 1 aromatic rings. The van der Waals surface area contributed by atoms with E-state index in [4.69, 9.17) is 14.3 Å². The molecule has 136 valence electrons. The third-order valence-electron chi connectivity index (χ3n) is 3.22. The van der Waals surface area contributed by atoms with Crippen LogP contribution in [0.1, 0.15) is 32.8 Å². The Morgan fingerprint density at radius 3 is 2.64 bits per heavy atom. The molecule has 0 saturated heterocycles. The van der Waals surface area contributed by atoms with Gasteiger partial charge in [-0.2, -0.15) is 0 Å². The Balaban J connectivity index is 1.87. The summed E-state index contributed by atoms with van der Waals surface area (Å²) in [4.78, 5) is 28.4. The number of carboxylic acids is 1. The van der Waals surface area contributed by atoms with Gasteiger partial charge in [-0.3, -0.25) is 0 Å². The summed E-state index contributed by atoms with van der Waals surface area (Å²) in [5, 5.41) is 15.4. The Morgan fingerprint density at radius 1 is 1.36 bits per heavy atom. The number of hydrogen-bond donors (Lipinski definition) is 2. The van der Waals surface area contributed by atoms with Crippen molar-refractivity contribution in [3.63, 3.8) is 0 Å². The molecule has 0 spiro atoms. The predicted molar refractivity (Wildman–Crippen MR) is 88.9 cm³/mol. The third kappa shape index (κ3) is 5.98. The number of rotatable bonds is 5.